The van der Waals surface area contributed by atoms with E-state index in [0.29, 0.717) is 17.4 Å². The molecule has 0 spiro atoms. The number of hydrogen-bond acceptors (Lipinski definition) is 2. The Morgan fingerprint density at radius 3 is 2.73 bits per heavy atom. The average Bonchev–Trinajstić information content (AvgIpc) is 1.97. The summed E-state index contributed by atoms with van der Waals surface area (Å²) < 4.78 is 0. The van der Waals surface area contributed by atoms with Crippen molar-refractivity contribution in [3.05, 3.63) is 28.3 Å². The maximum absolute atomic E-state index is 10.3. The third-order valence-corrected chi connectivity index (χ3v) is 1.77. The summed E-state index contributed by atoms with van der Waals surface area (Å²) in [6.45, 7) is 1.71. The first-order valence-corrected chi connectivity index (χ1v) is 3.47. The van der Waals surface area contributed by atoms with Crippen LogP contribution in [-0.2, 0) is 0 Å². The van der Waals surface area contributed by atoms with Crippen LogP contribution in [0.2, 0.25) is 5.02 Å². The van der Waals surface area contributed by atoms with E-state index in [2.05, 4.69) is 0 Å². The number of hydrogen-bond donors (Lipinski definition) is 1. The van der Waals surface area contributed by atoms with Crippen molar-refractivity contribution in [2.45, 2.75) is 6.92 Å². The van der Waals surface area contributed by atoms with Gasteiger partial charge < -0.3 is 5.11 Å². The third kappa shape index (κ3) is 1.52. The second kappa shape index (κ2) is 2.93. The lowest BCUT2D eigenvalue weighted by Crippen LogP contribution is -1.84. The summed E-state index contributed by atoms with van der Waals surface area (Å²) in [6.07, 6.45) is 0.661. The van der Waals surface area contributed by atoms with E-state index in [1.165, 1.54) is 6.07 Å². The number of aldehydes is 1. The van der Waals surface area contributed by atoms with Gasteiger partial charge in [0, 0.05) is 5.56 Å². The zero-order valence-corrected chi connectivity index (χ0v) is 6.72. The molecule has 11 heavy (non-hydrogen) atoms. The fourth-order valence-corrected chi connectivity index (χ4v) is 0.986. The molecule has 58 valence electrons. The van der Waals surface area contributed by atoms with E-state index in [1.54, 1.807) is 13.0 Å². The van der Waals surface area contributed by atoms with Crippen molar-refractivity contribution >= 4 is 17.9 Å². The van der Waals surface area contributed by atoms with Crippen LogP contribution in [0.15, 0.2) is 12.1 Å². The van der Waals surface area contributed by atoms with Gasteiger partial charge in [-0.05, 0) is 24.6 Å². The number of aryl methyl sites for hydroxylation is 1. The highest BCUT2D eigenvalue weighted by Gasteiger charge is 2.02. The number of rotatable bonds is 1. The predicted octanol–water partition coefficient (Wildman–Crippen LogP) is 2.17. The summed E-state index contributed by atoms with van der Waals surface area (Å²) >= 11 is 5.61. The first kappa shape index (κ1) is 8.08. The number of carbonyl (C=O) groups excluding carboxylic acids is 1. The molecule has 0 saturated carbocycles. The molecule has 0 aliphatic heterocycles. The zero-order chi connectivity index (χ0) is 8.43. The minimum Gasteiger partial charge on any atom is -0.508 e. The molecule has 0 aliphatic rings. The smallest absolute Gasteiger partial charge is 0.151 e. The topological polar surface area (TPSA) is 37.3 Å². The number of carbonyl (C=O) groups is 1. The highest BCUT2D eigenvalue weighted by molar-refractivity contribution is 6.33. The SMILES string of the molecule is Cc1cc(C=O)c(Cl)cc1O. The maximum Gasteiger partial charge on any atom is 0.151 e. The molecule has 1 aromatic rings. The molecular weight excluding hydrogens is 164 g/mol. The van der Waals surface area contributed by atoms with E-state index < -0.39 is 0 Å². The van der Waals surface area contributed by atoms with E-state index >= 15 is 0 Å². The number of benzene rings is 1. The first-order chi connectivity index (χ1) is 5.15. The minimum atomic E-state index is 0.112. The molecule has 0 saturated heterocycles. The summed E-state index contributed by atoms with van der Waals surface area (Å²) in [7, 11) is 0. The highest BCUT2D eigenvalue weighted by atomic mass is 35.5. The molecule has 0 unspecified atom stereocenters. The molecule has 0 bridgehead atoms. The predicted molar refractivity (Wildman–Crippen MR) is 43.2 cm³/mol. The lowest BCUT2D eigenvalue weighted by molar-refractivity contribution is 0.112. The number of phenols is 1. The van der Waals surface area contributed by atoms with Gasteiger partial charge >= 0.3 is 0 Å². The van der Waals surface area contributed by atoms with Crippen molar-refractivity contribution in [3.8, 4) is 5.75 Å². The molecule has 1 aromatic carbocycles. The largest absolute Gasteiger partial charge is 0.508 e. The van der Waals surface area contributed by atoms with Gasteiger partial charge in [-0.3, -0.25) is 4.79 Å². The van der Waals surface area contributed by atoms with Gasteiger partial charge in [-0.1, -0.05) is 11.6 Å². The lowest BCUT2D eigenvalue weighted by atomic mass is 10.1. The van der Waals surface area contributed by atoms with Crippen LogP contribution in [-0.4, -0.2) is 11.4 Å². The van der Waals surface area contributed by atoms with Crippen LogP contribution in [0.25, 0.3) is 0 Å². The Morgan fingerprint density at radius 1 is 1.55 bits per heavy atom. The van der Waals surface area contributed by atoms with Crippen molar-refractivity contribution in [3.63, 3.8) is 0 Å². The standard InChI is InChI=1S/C8H7ClO2/c1-5-2-6(4-10)7(9)3-8(5)11/h2-4,11H,1H3. The summed E-state index contributed by atoms with van der Waals surface area (Å²) in [5, 5.41) is 9.40. The zero-order valence-electron chi connectivity index (χ0n) is 5.97. The van der Waals surface area contributed by atoms with Crippen molar-refractivity contribution in [2.75, 3.05) is 0 Å². The quantitative estimate of drug-likeness (QED) is 0.656. The summed E-state index contributed by atoms with van der Waals surface area (Å²) in [5.74, 6) is 0.112. The van der Waals surface area contributed by atoms with Crippen molar-refractivity contribution in [2.24, 2.45) is 0 Å². The van der Waals surface area contributed by atoms with E-state index in [0.717, 1.165) is 0 Å². The number of phenolic OH excluding ortho intramolecular Hbond substituents is 1. The van der Waals surface area contributed by atoms with Gasteiger partial charge in [-0.15, -0.1) is 0 Å². The Hall–Kier alpha value is -1.02. The van der Waals surface area contributed by atoms with Gasteiger partial charge in [0.05, 0.1) is 5.02 Å². The summed E-state index contributed by atoms with van der Waals surface area (Å²) in [5.41, 5.74) is 1.05. The fraction of sp³-hybridized carbons (Fsp3) is 0.125. The molecule has 3 heteroatoms. The van der Waals surface area contributed by atoms with Crippen LogP contribution in [0.1, 0.15) is 15.9 Å². The Kier molecular flexibility index (Phi) is 2.15. The van der Waals surface area contributed by atoms with E-state index in [1.807, 2.05) is 0 Å². The minimum absolute atomic E-state index is 0.112. The Morgan fingerprint density at radius 2 is 2.18 bits per heavy atom. The molecule has 1 rings (SSSR count). The lowest BCUT2D eigenvalue weighted by Gasteiger charge is -2.00. The van der Waals surface area contributed by atoms with Crippen LogP contribution in [0.3, 0.4) is 0 Å². The monoisotopic (exact) mass is 170 g/mol. The molecule has 0 amide bonds. The van der Waals surface area contributed by atoms with Crippen LogP contribution >= 0.6 is 11.6 Å². The van der Waals surface area contributed by atoms with Crippen LogP contribution in [0.5, 0.6) is 5.75 Å². The molecule has 0 atom stereocenters. The molecular formula is C8H7ClO2. The van der Waals surface area contributed by atoms with Crippen molar-refractivity contribution in [1.29, 1.82) is 0 Å². The summed E-state index contributed by atoms with van der Waals surface area (Å²) in [4.78, 5) is 10.3. The maximum atomic E-state index is 10.3. The molecule has 0 radical (unpaired) electrons. The van der Waals surface area contributed by atoms with Gasteiger partial charge in [0.15, 0.2) is 6.29 Å². The molecule has 1 N–H and O–H groups in total. The molecule has 0 fully saturated rings. The average molecular weight is 171 g/mol. The highest BCUT2D eigenvalue weighted by Crippen LogP contribution is 2.24. The van der Waals surface area contributed by atoms with E-state index in [4.69, 9.17) is 16.7 Å². The normalized spacial score (nSPS) is 9.64. The Bertz CT molecular complexity index is 294. The van der Waals surface area contributed by atoms with Crippen LogP contribution in [0, 0.1) is 6.92 Å². The van der Waals surface area contributed by atoms with E-state index in [-0.39, 0.29) is 10.8 Å². The van der Waals surface area contributed by atoms with Crippen molar-refractivity contribution in [1.82, 2.24) is 0 Å². The molecule has 2 nitrogen and oxygen atoms in total. The molecule has 0 heterocycles. The number of halogens is 1. The van der Waals surface area contributed by atoms with Crippen molar-refractivity contribution < 1.29 is 9.90 Å². The second-order valence-electron chi connectivity index (χ2n) is 2.28. The molecule has 0 aliphatic carbocycles. The van der Waals surface area contributed by atoms with Crippen LogP contribution in [0.4, 0.5) is 0 Å². The Labute approximate surface area is 69.4 Å². The van der Waals surface area contributed by atoms with Gasteiger partial charge in [-0.2, -0.15) is 0 Å². The third-order valence-electron chi connectivity index (χ3n) is 1.44. The fourth-order valence-electron chi connectivity index (χ4n) is 0.784. The van der Waals surface area contributed by atoms with Gasteiger partial charge in [0.25, 0.3) is 0 Å². The second-order valence-corrected chi connectivity index (χ2v) is 2.69. The van der Waals surface area contributed by atoms with Gasteiger partial charge in [-0.25, -0.2) is 0 Å². The van der Waals surface area contributed by atoms with E-state index in [9.17, 15) is 4.79 Å². The van der Waals surface area contributed by atoms with Crippen LogP contribution < -0.4 is 0 Å². The number of aromatic hydroxyl groups is 1. The first-order valence-electron chi connectivity index (χ1n) is 3.09. The Balaban J connectivity index is 3.31. The summed E-state index contributed by atoms with van der Waals surface area (Å²) in [6, 6.07) is 2.91. The van der Waals surface area contributed by atoms with Gasteiger partial charge in [0.1, 0.15) is 5.75 Å². The van der Waals surface area contributed by atoms with Gasteiger partial charge in [0.2, 0.25) is 0 Å². The molecule has 0 aromatic heterocycles.